The van der Waals surface area contributed by atoms with Crippen molar-refractivity contribution in [1.29, 1.82) is 0 Å². The summed E-state index contributed by atoms with van der Waals surface area (Å²) < 4.78 is 10.3. The quantitative estimate of drug-likeness (QED) is 0.671. The molecule has 3 unspecified atom stereocenters. The van der Waals surface area contributed by atoms with Gasteiger partial charge in [-0.25, -0.2) is 9.59 Å². The van der Waals surface area contributed by atoms with Gasteiger partial charge in [0.15, 0.2) is 0 Å². The number of ether oxygens (including phenoxy) is 2. The van der Waals surface area contributed by atoms with Gasteiger partial charge in [0.05, 0.1) is 6.10 Å². The number of amides is 2. The molecule has 0 aliphatic heterocycles. The second kappa shape index (κ2) is 8.42. The van der Waals surface area contributed by atoms with Crippen LogP contribution in [0.15, 0.2) is 12.2 Å². The first-order valence-electron chi connectivity index (χ1n) is 6.74. The van der Waals surface area contributed by atoms with Crippen LogP contribution in [0.5, 0.6) is 0 Å². The summed E-state index contributed by atoms with van der Waals surface area (Å²) in [4.78, 5) is 22.6. The van der Waals surface area contributed by atoms with Crippen molar-refractivity contribution in [3.8, 4) is 0 Å². The minimum absolute atomic E-state index is 0.334. The fraction of sp³-hybridized carbons (Fsp3) is 0.692. The fourth-order valence-corrected chi connectivity index (χ4v) is 1.87. The lowest BCUT2D eigenvalue weighted by Crippen LogP contribution is -2.32. The Kier molecular flexibility index (Phi) is 6.86. The van der Waals surface area contributed by atoms with Gasteiger partial charge in [-0.1, -0.05) is 0 Å². The lowest BCUT2D eigenvalue weighted by molar-refractivity contribution is 0.0546. The summed E-state index contributed by atoms with van der Waals surface area (Å²) in [5, 5.41) is 14.7. The third-order valence-electron chi connectivity index (χ3n) is 2.87. The van der Waals surface area contributed by atoms with Crippen molar-refractivity contribution in [2.24, 2.45) is 0 Å². The molecule has 3 N–H and O–H groups in total. The minimum Gasteiger partial charge on any atom is -0.442 e. The Morgan fingerprint density at radius 2 is 1.85 bits per heavy atom. The van der Waals surface area contributed by atoms with Crippen LogP contribution in [0.3, 0.4) is 0 Å². The zero-order valence-corrected chi connectivity index (χ0v) is 11.8. The van der Waals surface area contributed by atoms with E-state index in [2.05, 4.69) is 10.6 Å². The monoisotopic (exact) mass is 286 g/mol. The van der Waals surface area contributed by atoms with Gasteiger partial charge >= 0.3 is 12.2 Å². The summed E-state index contributed by atoms with van der Waals surface area (Å²) in [5.41, 5.74) is 0. The first-order valence-corrected chi connectivity index (χ1v) is 6.74. The number of nitrogens with one attached hydrogen (secondary N) is 2. The summed E-state index contributed by atoms with van der Waals surface area (Å²) in [5.74, 6) is 0. The van der Waals surface area contributed by atoms with E-state index in [1.807, 2.05) is 0 Å². The van der Waals surface area contributed by atoms with E-state index in [9.17, 15) is 14.7 Å². The van der Waals surface area contributed by atoms with Gasteiger partial charge in [0.1, 0.15) is 12.2 Å². The van der Waals surface area contributed by atoms with E-state index in [0.717, 1.165) is 0 Å². The molecule has 1 aliphatic carbocycles. The van der Waals surface area contributed by atoms with Gasteiger partial charge in [-0.3, -0.25) is 0 Å². The van der Waals surface area contributed by atoms with Crippen LogP contribution in [0.25, 0.3) is 0 Å². The average molecular weight is 286 g/mol. The summed E-state index contributed by atoms with van der Waals surface area (Å²) in [7, 11) is 1.48. The molecular formula is C13H22N2O5. The molecule has 20 heavy (non-hydrogen) atoms. The van der Waals surface area contributed by atoms with Crippen molar-refractivity contribution in [3.63, 3.8) is 0 Å². The second-order valence-corrected chi connectivity index (χ2v) is 4.52. The van der Waals surface area contributed by atoms with Gasteiger partial charge in [0, 0.05) is 20.0 Å². The Labute approximate surface area is 118 Å². The number of rotatable bonds is 3. The summed E-state index contributed by atoms with van der Waals surface area (Å²) in [6, 6.07) is 0. The lowest BCUT2D eigenvalue weighted by atomic mass is 10.00. The molecule has 3 atom stereocenters. The van der Waals surface area contributed by atoms with Crippen LogP contribution in [0.4, 0.5) is 9.59 Å². The average Bonchev–Trinajstić information content (AvgIpc) is 2.39. The van der Waals surface area contributed by atoms with E-state index < -0.39 is 30.5 Å². The van der Waals surface area contributed by atoms with Crippen LogP contribution >= 0.6 is 0 Å². The molecule has 0 heterocycles. The molecule has 0 fully saturated rings. The first kappa shape index (κ1) is 16.3. The van der Waals surface area contributed by atoms with Gasteiger partial charge in [0.25, 0.3) is 0 Å². The molecule has 114 valence electrons. The summed E-state index contributed by atoms with van der Waals surface area (Å²) in [6.07, 6.45) is 2.03. The molecule has 0 bridgehead atoms. The molecule has 0 aromatic carbocycles. The molecular weight excluding hydrogens is 264 g/mol. The standard InChI is InChI=1S/C13H22N2O5/c1-3-15-13(18)20-11-7-6-10(19-12(17)14-2)5-4-9(16)8-11/h6-7,9-11,16H,3-5,8H2,1-2H3,(H,14,17)(H,15,18)/b7-6+. The number of carbonyl (C=O) groups excluding carboxylic acids is 2. The summed E-state index contributed by atoms with van der Waals surface area (Å²) in [6.45, 7) is 2.26. The number of hydrogen-bond donors (Lipinski definition) is 3. The number of aliphatic hydroxyl groups is 1. The normalized spacial score (nSPS) is 27.6. The van der Waals surface area contributed by atoms with Crippen molar-refractivity contribution >= 4 is 12.2 Å². The van der Waals surface area contributed by atoms with Crippen molar-refractivity contribution in [1.82, 2.24) is 10.6 Å². The Bertz CT molecular complexity index is 359. The molecule has 0 radical (unpaired) electrons. The van der Waals surface area contributed by atoms with E-state index in [4.69, 9.17) is 9.47 Å². The van der Waals surface area contributed by atoms with Crippen LogP contribution < -0.4 is 10.6 Å². The highest BCUT2D eigenvalue weighted by molar-refractivity contribution is 5.67. The SMILES string of the molecule is CCNC(=O)OC1/C=C/C(OC(=O)NC)CCC(O)C1. The molecule has 7 nitrogen and oxygen atoms in total. The van der Waals surface area contributed by atoms with Gasteiger partial charge < -0.3 is 25.2 Å². The van der Waals surface area contributed by atoms with Gasteiger partial charge in [-0.2, -0.15) is 0 Å². The fourth-order valence-electron chi connectivity index (χ4n) is 1.87. The highest BCUT2D eigenvalue weighted by Gasteiger charge is 2.22. The molecule has 0 saturated heterocycles. The van der Waals surface area contributed by atoms with Gasteiger partial charge in [0.2, 0.25) is 0 Å². The third-order valence-corrected chi connectivity index (χ3v) is 2.87. The maximum atomic E-state index is 11.4. The Morgan fingerprint density at radius 1 is 1.20 bits per heavy atom. The van der Waals surface area contributed by atoms with Gasteiger partial charge in [-0.15, -0.1) is 0 Å². The van der Waals surface area contributed by atoms with Crippen molar-refractivity contribution < 1.29 is 24.2 Å². The molecule has 0 aromatic rings. The number of carbonyl (C=O) groups is 2. The molecule has 2 amide bonds. The van der Waals surface area contributed by atoms with Crippen LogP contribution in [0, 0.1) is 0 Å². The third kappa shape index (κ3) is 5.92. The highest BCUT2D eigenvalue weighted by atomic mass is 16.6. The predicted molar refractivity (Wildman–Crippen MR) is 72.3 cm³/mol. The van der Waals surface area contributed by atoms with Crippen LogP contribution in [-0.4, -0.2) is 49.2 Å². The number of alkyl carbamates (subject to hydrolysis) is 2. The maximum Gasteiger partial charge on any atom is 0.407 e. The maximum absolute atomic E-state index is 11.4. The topological polar surface area (TPSA) is 96.9 Å². The summed E-state index contributed by atoms with van der Waals surface area (Å²) >= 11 is 0. The minimum atomic E-state index is -0.602. The van der Waals surface area contributed by atoms with E-state index in [0.29, 0.717) is 25.8 Å². The first-order chi connectivity index (χ1) is 9.55. The molecule has 1 rings (SSSR count). The largest absolute Gasteiger partial charge is 0.442 e. The van der Waals surface area contributed by atoms with E-state index in [1.54, 1.807) is 19.1 Å². The van der Waals surface area contributed by atoms with Crippen molar-refractivity contribution in [3.05, 3.63) is 12.2 Å². The van der Waals surface area contributed by atoms with Crippen molar-refractivity contribution in [2.45, 2.75) is 44.5 Å². The van der Waals surface area contributed by atoms with E-state index in [-0.39, 0.29) is 0 Å². The smallest absolute Gasteiger partial charge is 0.407 e. The van der Waals surface area contributed by atoms with E-state index in [1.165, 1.54) is 7.05 Å². The van der Waals surface area contributed by atoms with Crippen LogP contribution in [0.1, 0.15) is 26.2 Å². The molecule has 7 heteroatoms. The Balaban J connectivity index is 2.61. The molecule has 1 aliphatic rings. The zero-order chi connectivity index (χ0) is 15.0. The highest BCUT2D eigenvalue weighted by Crippen LogP contribution is 2.17. The van der Waals surface area contributed by atoms with Crippen LogP contribution in [0.2, 0.25) is 0 Å². The van der Waals surface area contributed by atoms with Gasteiger partial charge in [-0.05, 0) is 31.9 Å². The number of hydrogen-bond acceptors (Lipinski definition) is 5. The second-order valence-electron chi connectivity index (χ2n) is 4.52. The van der Waals surface area contributed by atoms with Crippen molar-refractivity contribution in [2.75, 3.05) is 13.6 Å². The molecule has 0 aromatic heterocycles. The number of aliphatic hydroxyl groups excluding tert-OH is 1. The Morgan fingerprint density at radius 3 is 2.50 bits per heavy atom. The van der Waals surface area contributed by atoms with E-state index >= 15 is 0 Å². The molecule has 0 spiro atoms. The predicted octanol–water partition coefficient (Wildman–Crippen LogP) is 0.927. The molecule has 0 saturated carbocycles. The Hall–Kier alpha value is -1.76. The lowest BCUT2D eigenvalue weighted by Gasteiger charge is -2.23. The van der Waals surface area contributed by atoms with Crippen LogP contribution in [-0.2, 0) is 9.47 Å². The zero-order valence-electron chi connectivity index (χ0n) is 11.8.